The van der Waals surface area contributed by atoms with Gasteiger partial charge in [-0.3, -0.25) is 9.69 Å². The number of halogens is 2. The van der Waals surface area contributed by atoms with Gasteiger partial charge in [0, 0.05) is 12.2 Å². The number of nitrogens with zero attached hydrogens (tertiary/aromatic N) is 1. The van der Waals surface area contributed by atoms with Gasteiger partial charge in [-0.15, -0.1) is 12.4 Å². The molecule has 6 heteroatoms. The van der Waals surface area contributed by atoms with E-state index in [1.54, 1.807) is 19.1 Å². The number of anilines is 1. The summed E-state index contributed by atoms with van der Waals surface area (Å²) in [6.45, 7) is 4.96. The van der Waals surface area contributed by atoms with E-state index in [2.05, 4.69) is 15.5 Å². The molecule has 0 bridgehead atoms. The fraction of sp³-hybridized carbons (Fsp3) is 0.562. The first kappa shape index (κ1) is 18.9. The van der Waals surface area contributed by atoms with Gasteiger partial charge < -0.3 is 10.6 Å². The Hall–Kier alpha value is -1.17. The van der Waals surface area contributed by atoms with Crippen molar-refractivity contribution >= 4 is 24.0 Å². The number of carbonyl (C=O) groups excluding carboxylic acids is 1. The normalized spacial score (nSPS) is 18.6. The van der Waals surface area contributed by atoms with E-state index in [1.165, 1.54) is 12.5 Å². The Balaban J connectivity index is 0.00000242. The van der Waals surface area contributed by atoms with E-state index < -0.39 is 0 Å². The van der Waals surface area contributed by atoms with Crippen LogP contribution in [0.25, 0.3) is 0 Å². The van der Waals surface area contributed by atoms with E-state index in [0.29, 0.717) is 23.7 Å². The zero-order valence-corrected chi connectivity index (χ0v) is 14.0. The molecule has 22 heavy (non-hydrogen) atoms. The van der Waals surface area contributed by atoms with Crippen molar-refractivity contribution in [3.8, 4) is 0 Å². The largest absolute Gasteiger partial charge is 0.325 e. The molecule has 1 fully saturated rings. The lowest BCUT2D eigenvalue weighted by Crippen LogP contribution is -2.42. The molecule has 2 rings (SSSR count). The minimum Gasteiger partial charge on any atom is -0.325 e. The Kier molecular flexibility index (Phi) is 7.79. The fourth-order valence-corrected chi connectivity index (χ4v) is 2.82. The topological polar surface area (TPSA) is 44.4 Å². The molecule has 1 heterocycles. The lowest BCUT2D eigenvalue weighted by molar-refractivity contribution is -0.117. The number of hydrogen-bond donors (Lipinski definition) is 2. The molecule has 4 nitrogen and oxygen atoms in total. The highest BCUT2D eigenvalue weighted by atomic mass is 35.5. The van der Waals surface area contributed by atoms with Gasteiger partial charge >= 0.3 is 0 Å². The van der Waals surface area contributed by atoms with Crippen molar-refractivity contribution in [3.63, 3.8) is 0 Å². The van der Waals surface area contributed by atoms with Crippen LogP contribution >= 0.6 is 12.4 Å². The van der Waals surface area contributed by atoms with Gasteiger partial charge in [-0.25, -0.2) is 4.39 Å². The summed E-state index contributed by atoms with van der Waals surface area (Å²) < 4.78 is 13.5. The summed E-state index contributed by atoms with van der Waals surface area (Å²) in [5, 5.41) is 5.96. The molecule has 0 saturated carbocycles. The Morgan fingerprint density at radius 3 is 2.91 bits per heavy atom. The van der Waals surface area contributed by atoms with Gasteiger partial charge in [0.15, 0.2) is 0 Å². The molecule has 1 aromatic rings. The van der Waals surface area contributed by atoms with Crippen molar-refractivity contribution in [1.29, 1.82) is 0 Å². The van der Waals surface area contributed by atoms with Crippen molar-refractivity contribution in [3.05, 3.63) is 29.6 Å². The predicted molar refractivity (Wildman–Crippen MR) is 90.1 cm³/mol. The number of carbonyl (C=O) groups is 1. The van der Waals surface area contributed by atoms with E-state index >= 15 is 0 Å². The van der Waals surface area contributed by atoms with Crippen LogP contribution in [0.2, 0.25) is 0 Å². The number of piperidine rings is 1. The SMILES string of the molecule is CNCC1CCCN(CC(=O)Nc2ccc(C)c(F)c2)C1.Cl. The van der Waals surface area contributed by atoms with Crippen LogP contribution in [0.5, 0.6) is 0 Å². The van der Waals surface area contributed by atoms with Crippen molar-refractivity contribution in [2.45, 2.75) is 19.8 Å². The third-order valence-electron chi connectivity index (χ3n) is 3.92. The number of hydrogen-bond acceptors (Lipinski definition) is 3. The summed E-state index contributed by atoms with van der Waals surface area (Å²) in [6.07, 6.45) is 2.33. The lowest BCUT2D eigenvalue weighted by atomic mass is 9.98. The first-order valence-electron chi connectivity index (χ1n) is 7.51. The average Bonchev–Trinajstić information content (AvgIpc) is 2.43. The molecule has 0 aliphatic carbocycles. The molecule has 1 aromatic carbocycles. The monoisotopic (exact) mass is 329 g/mol. The number of aryl methyl sites for hydroxylation is 1. The van der Waals surface area contributed by atoms with Crippen LogP contribution in [0.3, 0.4) is 0 Å². The summed E-state index contributed by atoms with van der Waals surface area (Å²) in [4.78, 5) is 14.2. The van der Waals surface area contributed by atoms with Crippen molar-refractivity contribution in [2.24, 2.45) is 5.92 Å². The van der Waals surface area contributed by atoms with E-state index in [1.807, 2.05) is 7.05 Å². The highest BCUT2D eigenvalue weighted by Crippen LogP contribution is 2.16. The smallest absolute Gasteiger partial charge is 0.238 e. The minimum absolute atomic E-state index is 0. The first-order chi connectivity index (χ1) is 10.1. The van der Waals surface area contributed by atoms with Gasteiger partial charge in [-0.1, -0.05) is 6.07 Å². The summed E-state index contributed by atoms with van der Waals surface area (Å²) in [6, 6.07) is 4.78. The standard InChI is InChI=1S/C16H24FN3O.ClH/c1-12-5-6-14(8-15(12)17)19-16(21)11-20-7-3-4-13(10-20)9-18-2;/h5-6,8,13,18H,3-4,7,9-11H2,1-2H3,(H,19,21);1H. The Bertz CT molecular complexity index is 496. The maximum atomic E-state index is 13.5. The zero-order chi connectivity index (χ0) is 15.2. The van der Waals surface area contributed by atoms with Gasteiger partial charge in [0.05, 0.1) is 6.54 Å². The fourth-order valence-electron chi connectivity index (χ4n) is 2.82. The highest BCUT2D eigenvalue weighted by Gasteiger charge is 2.21. The van der Waals surface area contributed by atoms with Crippen LogP contribution in [-0.2, 0) is 4.79 Å². The summed E-state index contributed by atoms with van der Waals surface area (Å²) in [5.41, 5.74) is 1.10. The molecule has 1 aliphatic heterocycles. The van der Waals surface area contributed by atoms with Gasteiger partial charge in [-0.05, 0) is 63.5 Å². The van der Waals surface area contributed by atoms with Crippen LogP contribution in [0, 0.1) is 18.7 Å². The molecule has 0 radical (unpaired) electrons. The second-order valence-corrected chi connectivity index (χ2v) is 5.81. The van der Waals surface area contributed by atoms with E-state index in [0.717, 1.165) is 26.1 Å². The molecule has 1 unspecified atom stereocenters. The summed E-state index contributed by atoms with van der Waals surface area (Å²) >= 11 is 0. The molecule has 1 saturated heterocycles. The van der Waals surface area contributed by atoms with Crippen LogP contribution in [0.1, 0.15) is 18.4 Å². The number of nitrogens with one attached hydrogen (secondary N) is 2. The van der Waals surface area contributed by atoms with Crippen molar-refractivity contribution in [1.82, 2.24) is 10.2 Å². The van der Waals surface area contributed by atoms with Gasteiger partial charge in [-0.2, -0.15) is 0 Å². The quantitative estimate of drug-likeness (QED) is 0.872. The lowest BCUT2D eigenvalue weighted by Gasteiger charge is -2.32. The zero-order valence-electron chi connectivity index (χ0n) is 13.2. The van der Waals surface area contributed by atoms with Gasteiger partial charge in [0.25, 0.3) is 0 Å². The van der Waals surface area contributed by atoms with Crippen molar-refractivity contribution in [2.75, 3.05) is 38.5 Å². The maximum Gasteiger partial charge on any atom is 0.238 e. The minimum atomic E-state index is -0.292. The van der Waals surface area contributed by atoms with E-state index in [9.17, 15) is 9.18 Å². The number of likely N-dealkylation sites (tertiary alicyclic amines) is 1. The molecular formula is C16H25ClFN3O. The third-order valence-corrected chi connectivity index (χ3v) is 3.92. The van der Waals surface area contributed by atoms with Crippen LogP contribution in [-0.4, -0.2) is 44.0 Å². The van der Waals surface area contributed by atoms with Gasteiger partial charge in [0.1, 0.15) is 5.82 Å². The first-order valence-corrected chi connectivity index (χ1v) is 7.51. The second-order valence-electron chi connectivity index (χ2n) is 5.81. The Labute approximate surface area is 137 Å². The summed E-state index contributed by atoms with van der Waals surface area (Å²) in [5.74, 6) is 0.233. The molecule has 0 spiro atoms. The molecule has 2 N–H and O–H groups in total. The Morgan fingerprint density at radius 1 is 1.45 bits per heavy atom. The molecule has 1 aliphatic rings. The molecule has 0 aromatic heterocycles. The van der Waals surface area contributed by atoms with E-state index in [-0.39, 0.29) is 24.1 Å². The molecule has 1 atom stereocenters. The van der Waals surface area contributed by atoms with Crippen molar-refractivity contribution < 1.29 is 9.18 Å². The average molecular weight is 330 g/mol. The second kappa shape index (κ2) is 9.08. The number of benzene rings is 1. The summed E-state index contributed by atoms with van der Waals surface area (Å²) in [7, 11) is 1.96. The van der Waals surface area contributed by atoms with Crippen LogP contribution < -0.4 is 10.6 Å². The third kappa shape index (κ3) is 5.55. The number of rotatable bonds is 5. The predicted octanol–water partition coefficient (Wildman–Crippen LogP) is 2.43. The number of amides is 1. The highest BCUT2D eigenvalue weighted by molar-refractivity contribution is 5.92. The molecule has 1 amide bonds. The molecular weight excluding hydrogens is 305 g/mol. The Morgan fingerprint density at radius 2 is 2.23 bits per heavy atom. The van der Waals surface area contributed by atoms with E-state index in [4.69, 9.17) is 0 Å². The molecule has 124 valence electrons. The maximum absolute atomic E-state index is 13.5. The van der Waals surface area contributed by atoms with Gasteiger partial charge in [0.2, 0.25) is 5.91 Å². The van der Waals surface area contributed by atoms with Crippen LogP contribution in [0.15, 0.2) is 18.2 Å². The van der Waals surface area contributed by atoms with Crippen LogP contribution in [0.4, 0.5) is 10.1 Å².